The lowest BCUT2D eigenvalue weighted by Crippen LogP contribution is -2.56. The van der Waals surface area contributed by atoms with E-state index in [1.54, 1.807) is 0 Å². The smallest absolute Gasteiger partial charge is 0.283 e. The molecule has 21 heavy (non-hydrogen) atoms. The van der Waals surface area contributed by atoms with E-state index in [1.807, 2.05) is 0 Å². The highest BCUT2D eigenvalue weighted by Crippen LogP contribution is 2.27. The molecule has 0 saturated carbocycles. The van der Waals surface area contributed by atoms with Crippen molar-refractivity contribution in [3.8, 4) is 0 Å². The van der Waals surface area contributed by atoms with Gasteiger partial charge < -0.3 is 5.11 Å². The zero-order chi connectivity index (χ0) is 15.7. The molecule has 0 aromatic carbocycles. The van der Waals surface area contributed by atoms with Crippen LogP contribution in [-0.2, 0) is 20.0 Å². The van der Waals surface area contributed by atoms with Crippen molar-refractivity contribution in [2.75, 3.05) is 44.0 Å². The normalized spacial score (nSPS) is 27.8. The van der Waals surface area contributed by atoms with E-state index >= 15 is 0 Å². The Morgan fingerprint density at radius 2 is 1.76 bits per heavy atom. The summed E-state index contributed by atoms with van der Waals surface area (Å²) in [6.07, 6.45) is 2.31. The maximum atomic E-state index is 12.7. The Morgan fingerprint density at radius 3 is 2.29 bits per heavy atom. The third-order valence-electron chi connectivity index (χ3n) is 3.99. The van der Waals surface area contributed by atoms with Gasteiger partial charge in [0.15, 0.2) is 9.84 Å². The maximum absolute atomic E-state index is 12.7. The highest BCUT2D eigenvalue weighted by atomic mass is 32.2. The lowest BCUT2D eigenvalue weighted by atomic mass is 10.00. The van der Waals surface area contributed by atoms with Crippen LogP contribution in [0.4, 0.5) is 0 Å². The van der Waals surface area contributed by atoms with E-state index in [-0.39, 0.29) is 24.8 Å². The topological polar surface area (TPSA) is 95.0 Å². The second-order valence-corrected chi connectivity index (χ2v) is 10.7. The van der Waals surface area contributed by atoms with Gasteiger partial charge in [-0.1, -0.05) is 0 Å². The first-order valence-corrected chi connectivity index (χ1v) is 11.4. The number of hydrogen-bond donors (Lipinski definition) is 1. The Morgan fingerprint density at radius 1 is 1.14 bits per heavy atom. The molecular weight excluding hydrogens is 336 g/mol. The number of thioether (sulfide) groups is 1. The van der Waals surface area contributed by atoms with Crippen molar-refractivity contribution >= 4 is 31.8 Å². The van der Waals surface area contributed by atoms with Gasteiger partial charge in [0.1, 0.15) is 5.37 Å². The SMILES string of the molecule is CS(=O)(=O)C1CSCCN1S(=O)(=O)N1CCC(CO)CC1. The van der Waals surface area contributed by atoms with E-state index in [0.29, 0.717) is 31.7 Å². The second-order valence-electron chi connectivity index (χ2n) is 5.50. The number of sulfone groups is 1. The molecule has 2 rings (SSSR count). The monoisotopic (exact) mass is 358 g/mol. The molecule has 7 nitrogen and oxygen atoms in total. The molecule has 2 heterocycles. The number of hydrogen-bond acceptors (Lipinski definition) is 6. The van der Waals surface area contributed by atoms with Crippen LogP contribution in [0.15, 0.2) is 0 Å². The maximum Gasteiger partial charge on any atom is 0.283 e. The Labute approximate surface area is 130 Å². The van der Waals surface area contributed by atoms with Gasteiger partial charge >= 0.3 is 0 Å². The van der Waals surface area contributed by atoms with Crippen molar-refractivity contribution in [1.29, 1.82) is 0 Å². The lowest BCUT2D eigenvalue weighted by Gasteiger charge is -2.38. The van der Waals surface area contributed by atoms with E-state index in [0.717, 1.165) is 10.6 Å². The fourth-order valence-electron chi connectivity index (χ4n) is 2.64. The zero-order valence-electron chi connectivity index (χ0n) is 12.0. The zero-order valence-corrected chi connectivity index (χ0v) is 14.5. The van der Waals surface area contributed by atoms with Crippen LogP contribution < -0.4 is 0 Å². The van der Waals surface area contributed by atoms with Crippen molar-refractivity contribution in [2.45, 2.75) is 18.2 Å². The number of nitrogens with zero attached hydrogens (tertiary/aromatic N) is 2. The molecule has 0 spiro atoms. The van der Waals surface area contributed by atoms with Crippen LogP contribution in [0.3, 0.4) is 0 Å². The summed E-state index contributed by atoms with van der Waals surface area (Å²) in [4.78, 5) is 0. The average Bonchev–Trinajstić information content (AvgIpc) is 2.46. The summed E-state index contributed by atoms with van der Waals surface area (Å²) in [5.41, 5.74) is 0. The van der Waals surface area contributed by atoms with Crippen LogP contribution in [0.1, 0.15) is 12.8 Å². The first kappa shape index (κ1) is 17.5. The van der Waals surface area contributed by atoms with Crippen LogP contribution in [-0.4, -0.2) is 79.9 Å². The summed E-state index contributed by atoms with van der Waals surface area (Å²) in [5, 5.41) is 8.14. The Balaban J connectivity index is 2.17. The molecule has 0 amide bonds. The van der Waals surface area contributed by atoms with Crippen molar-refractivity contribution in [2.24, 2.45) is 5.92 Å². The largest absolute Gasteiger partial charge is 0.396 e. The minimum atomic E-state index is -3.76. The first-order valence-electron chi connectivity index (χ1n) is 6.91. The van der Waals surface area contributed by atoms with Gasteiger partial charge in [-0.05, 0) is 18.8 Å². The number of rotatable bonds is 4. The fraction of sp³-hybridized carbons (Fsp3) is 1.00. The fourth-order valence-corrected chi connectivity index (χ4v) is 7.99. The highest BCUT2D eigenvalue weighted by molar-refractivity contribution is 8.01. The molecule has 124 valence electrons. The molecule has 2 aliphatic heterocycles. The van der Waals surface area contributed by atoms with E-state index < -0.39 is 25.4 Å². The molecule has 0 radical (unpaired) electrons. The third kappa shape index (κ3) is 3.91. The quantitative estimate of drug-likeness (QED) is 0.718. The number of aliphatic hydroxyl groups excluding tert-OH is 1. The molecular formula is C11H22N2O5S3. The highest BCUT2D eigenvalue weighted by Gasteiger charge is 2.42. The molecule has 0 aliphatic carbocycles. The van der Waals surface area contributed by atoms with Gasteiger partial charge in [0.2, 0.25) is 0 Å². The van der Waals surface area contributed by atoms with Crippen molar-refractivity contribution in [3.63, 3.8) is 0 Å². The van der Waals surface area contributed by atoms with Gasteiger partial charge in [-0.25, -0.2) is 8.42 Å². The van der Waals surface area contributed by atoms with Crippen LogP contribution >= 0.6 is 11.8 Å². The summed E-state index contributed by atoms with van der Waals surface area (Å²) in [6.45, 7) is 0.978. The average molecular weight is 359 g/mol. The number of aliphatic hydroxyl groups is 1. The molecule has 0 aromatic rings. The minimum Gasteiger partial charge on any atom is -0.396 e. The minimum absolute atomic E-state index is 0.0696. The summed E-state index contributed by atoms with van der Waals surface area (Å²) < 4.78 is 51.6. The van der Waals surface area contributed by atoms with Gasteiger partial charge in [0.25, 0.3) is 10.2 Å². The Bertz CT molecular complexity index is 554. The molecule has 0 aromatic heterocycles. The second kappa shape index (κ2) is 6.71. The molecule has 1 unspecified atom stereocenters. The van der Waals surface area contributed by atoms with Gasteiger partial charge in [-0.15, -0.1) is 0 Å². The molecule has 1 atom stereocenters. The van der Waals surface area contributed by atoms with Crippen LogP contribution in [0.25, 0.3) is 0 Å². The summed E-state index contributed by atoms with van der Waals surface area (Å²) in [6, 6.07) is 0. The van der Waals surface area contributed by atoms with Crippen molar-refractivity contribution < 1.29 is 21.9 Å². The predicted molar refractivity (Wildman–Crippen MR) is 83.0 cm³/mol. The van der Waals surface area contributed by atoms with Gasteiger partial charge in [-0.2, -0.15) is 28.8 Å². The standard InChI is InChI=1S/C11H22N2O5S3/c1-20(15,16)11-9-19-7-6-13(11)21(17,18)12-4-2-10(8-14)3-5-12/h10-11,14H,2-9H2,1H3. The molecule has 10 heteroatoms. The lowest BCUT2D eigenvalue weighted by molar-refractivity contribution is 0.166. The van der Waals surface area contributed by atoms with E-state index in [4.69, 9.17) is 5.11 Å². The van der Waals surface area contributed by atoms with Crippen LogP contribution in [0.2, 0.25) is 0 Å². The molecule has 1 N–H and O–H groups in total. The van der Waals surface area contributed by atoms with Crippen molar-refractivity contribution in [1.82, 2.24) is 8.61 Å². The van der Waals surface area contributed by atoms with Crippen LogP contribution in [0.5, 0.6) is 0 Å². The predicted octanol–water partition coefficient (Wildman–Crippen LogP) is -0.645. The summed E-state index contributed by atoms with van der Waals surface area (Å²) in [5.74, 6) is 1.03. The Kier molecular flexibility index (Phi) is 5.59. The number of piperidine rings is 1. The Hall–Kier alpha value is 0.130. The summed E-state index contributed by atoms with van der Waals surface area (Å²) in [7, 11) is -7.21. The van der Waals surface area contributed by atoms with Gasteiger partial charge in [0, 0.05) is 44.0 Å². The summed E-state index contributed by atoms with van der Waals surface area (Å²) >= 11 is 1.46. The van der Waals surface area contributed by atoms with Gasteiger partial charge in [0.05, 0.1) is 0 Å². The third-order valence-corrected chi connectivity index (χ3v) is 8.81. The van der Waals surface area contributed by atoms with Gasteiger partial charge in [-0.3, -0.25) is 0 Å². The molecule has 2 saturated heterocycles. The molecule has 2 aliphatic rings. The molecule has 2 fully saturated rings. The van der Waals surface area contributed by atoms with Crippen molar-refractivity contribution in [3.05, 3.63) is 0 Å². The molecule has 0 bridgehead atoms. The van der Waals surface area contributed by atoms with E-state index in [9.17, 15) is 16.8 Å². The first-order chi connectivity index (χ1) is 9.76. The van der Waals surface area contributed by atoms with E-state index in [2.05, 4.69) is 0 Å². The van der Waals surface area contributed by atoms with Crippen LogP contribution in [0, 0.1) is 5.92 Å². The van der Waals surface area contributed by atoms with E-state index in [1.165, 1.54) is 16.1 Å².